The number of amides is 2. The van der Waals surface area contributed by atoms with Crippen LogP contribution in [0.25, 0.3) is 11.1 Å². The Bertz CT molecular complexity index is 1230. The molecule has 6 heteroatoms. The van der Waals surface area contributed by atoms with E-state index in [0.717, 1.165) is 30.5 Å². The summed E-state index contributed by atoms with van der Waals surface area (Å²) in [6.45, 7) is 1.05. The molecule has 6 rings (SSSR count). The van der Waals surface area contributed by atoms with Crippen LogP contribution in [0.4, 0.5) is 4.79 Å². The fraction of sp³-hybridized carbons (Fsp3) is 0.333. The van der Waals surface area contributed by atoms with Crippen LogP contribution < -0.4 is 11.1 Å². The normalized spacial score (nSPS) is 24.7. The van der Waals surface area contributed by atoms with Crippen LogP contribution in [0.15, 0.2) is 78.9 Å². The Hall–Kier alpha value is -3.64. The summed E-state index contributed by atoms with van der Waals surface area (Å²) in [6.07, 6.45) is 2.44. The number of nitrogens with two attached hydrogens (primary N) is 1. The number of primary amides is 1. The van der Waals surface area contributed by atoms with Gasteiger partial charge in [0.15, 0.2) is 0 Å². The third-order valence-corrected chi connectivity index (χ3v) is 8.30. The van der Waals surface area contributed by atoms with Crippen molar-refractivity contribution in [1.29, 1.82) is 0 Å². The summed E-state index contributed by atoms with van der Waals surface area (Å²) in [4.78, 5) is 28.2. The molecular formula is C30H31N3O3. The number of nitrogens with one attached hydrogen (secondary N) is 1. The van der Waals surface area contributed by atoms with Gasteiger partial charge in [0.2, 0.25) is 5.91 Å². The summed E-state index contributed by atoms with van der Waals surface area (Å²) in [5.41, 5.74) is 10.8. The third-order valence-electron chi connectivity index (χ3n) is 8.30. The first-order chi connectivity index (χ1) is 17.5. The molecule has 36 heavy (non-hydrogen) atoms. The highest BCUT2D eigenvalue weighted by Crippen LogP contribution is 2.45. The van der Waals surface area contributed by atoms with Gasteiger partial charge in [0.1, 0.15) is 12.1 Å². The van der Waals surface area contributed by atoms with E-state index < -0.39 is 17.5 Å². The van der Waals surface area contributed by atoms with Crippen molar-refractivity contribution in [3.05, 3.63) is 95.6 Å². The minimum Gasteiger partial charge on any atom is -0.449 e. The Labute approximate surface area is 211 Å². The molecule has 6 nitrogen and oxygen atoms in total. The van der Waals surface area contributed by atoms with Crippen molar-refractivity contribution in [3.63, 3.8) is 0 Å². The zero-order chi connectivity index (χ0) is 24.7. The molecule has 0 saturated carbocycles. The number of benzene rings is 3. The number of ether oxygens (including phenoxy) is 1. The molecule has 184 valence electrons. The summed E-state index contributed by atoms with van der Waals surface area (Å²) < 4.78 is 5.76. The summed E-state index contributed by atoms with van der Waals surface area (Å²) in [5, 5.41) is 2.93. The standard InChI is InChI=1S/C30H31N3O3/c31-28(34)30(16-21-14-15-22(17-30)33(21)18-20-8-2-1-3-9-20)32-29(35)36-19-27-25-12-6-4-10-23(25)24-11-5-7-13-26(24)27/h1-13,21-22,27H,14-19H2,(H2,31,34)(H,32,35). The van der Waals surface area contributed by atoms with Gasteiger partial charge in [-0.3, -0.25) is 9.69 Å². The molecule has 0 aromatic heterocycles. The zero-order valence-electron chi connectivity index (χ0n) is 20.2. The molecule has 2 fully saturated rings. The lowest BCUT2D eigenvalue weighted by molar-refractivity contribution is -0.127. The predicted octanol–water partition coefficient (Wildman–Crippen LogP) is 4.58. The maximum absolute atomic E-state index is 13.1. The van der Waals surface area contributed by atoms with E-state index in [-0.39, 0.29) is 24.6 Å². The fourth-order valence-corrected chi connectivity index (χ4v) is 6.59. The van der Waals surface area contributed by atoms with Crippen LogP contribution in [-0.2, 0) is 16.1 Å². The molecule has 3 aromatic rings. The Balaban J connectivity index is 1.15. The quantitative estimate of drug-likeness (QED) is 0.540. The van der Waals surface area contributed by atoms with E-state index in [1.165, 1.54) is 16.7 Å². The monoisotopic (exact) mass is 481 g/mol. The Kier molecular flexibility index (Phi) is 5.76. The first kappa shape index (κ1) is 22.8. The van der Waals surface area contributed by atoms with E-state index in [1.807, 2.05) is 42.5 Å². The van der Waals surface area contributed by atoms with E-state index in [4.69, 9.17) is 10.5 Å². The van der Waals surface area contributed by atoms with E-state index in [0.29, 0.717) is 12.8 Å². The summed E-state index contributed by atoms with van der Waals surface area (Å²) in [5.74, 6) is -0.510. The molecule has 2 atom stereocenters. The highest BCUT2D eigenvalue weighted by Gasteiger charge is 2.52. The van der Waals surface area contributed by atoms with Crippen molar-refractivity contribution in [2.24, 2.45) is 5.73 Å². The van der Waals surface area contributed by atoms with Gasteiger partial charge < -0.3 is 15.8 Å². The lowest BCUT2D eigenvalue weighted by Crippen LogP contribution is -2.65. The fourth-order valence-electron chi connectivity index (χ4n) is 6.59. The van der Waals surface area contributed by atoms with Gasteiger partial charge in [0.05, 0.1) is 0 Å². The molecule has 2 unspecified atom stereocenters. The molecule has 2 saturated heterocycles. The number of carbonyl (C=O) groups is 2. The lowest BCUT2D eigenvalue weighted by atomic mass is 9.82. The lowest BCUT2D eigenvalue weighted by Gasteiger charge is -2.45. The average Bonchev–Trinajstić information content (AvgIpc) is 3.33. The number of hydrogen-bond donors (Lipinski definition) is 2. The third kappa shape index (κ3) is 3.95. The van der Waals surface area contributed by atoms with Crippen LogP contribution in [-0.4, -0.2) is 41.1 Å². The number of fused-ring (bicyclic) bond motifs is 5. The topological polar surface area (TPSA) is 84.7 Å². The van der Waals surface area contributed by atoms with Crippen LogP contribution in [0.3, 0.4) is 0 Å². The molecule has 1 aliphatic carbocycles. The second-order valence-electron chi connectivity index (χ2n) is 10.3. The number of rotatable bonds is 6. The number of alkyl carbamates (subject to hydrolysis) is 1. The minimum absolute atomic E-state index is 0.0309. The largest absolute Gasteiger partial charge is 0.449 e. The van der Waals surface area contributed by atoms with Crippen molar-refractivity contribution >= 4 is 12.0 Å². The molecule has 2 bridgehead atoms. The van der Waals surface area contributed by atoms with Crippen LogP contribution in [0.2, 0.25) is 0 Å². The second-order valence-corrected chi connectivity index (χ2v) is 10.3. The van der Waals surface area contributed by atoms with E-state index in [2.05, 4.69) is 46.6 Å². The van der Waals surface area contributed by atoms with E-state index >= 15 is 0 Å². The molecule has 2 amide bonds. The number of carbonyl (C=O) groups excluding carboxylic acids is 2. The zero-order valence-corrected chi connectivity index (χ0v) is 20.2. The highest BCUT2D eigenvalue weighted by molar-refractivity contribution is 5.89. The van der Waals surface area contributed by atoms with E-state index in [9.17, 15) is 9.59 Å². The van der Waals surface area contributed by atoms with Gasteiger partial charge in [-0.1, -0.05) is 78.9 Å². The van der Waals surface area contributed by atoms with E-state index in [1.54, 1.807) is 0 Å². The molecule has 0 radical (unpaired) electrons. The van der Waals surface area contributed by atoms with Gasteiger partial charge in [-0.15, -0.1) is 0 Å². The Morgan fingerprint density at radius 1 is 0.861 bits per heavy atom. The smallest absolute Gasteiger partial charge is 0.408 e. The predicted molar refractivity (Wildman–Crippen MR) is 138 cm³/mol. The van der Waals surface area contributed by atoms with Crippen molar-refractivity contribution in [2.45, 2.75) is 55.8 Å². The first-order valence-electron chi connectivity index (χ1n) is 12.8. The Morgan fingerprint density at radius 3 is 2.00 bits per heavy atom. The number of piperidine rings is 1. The average molecular weight is 482 g/mol. The van der Waals surface area contributed by atoms with Crippen molar-refractivity contribution in [1.82, 2.24) is 10.2 Å². The van der Waals surface area contributed by atoms with Gasteiger partial charge >= 0.3 is 6.09 Å². The maximum atomic E-state index is 13.1. The van der Waals surface area contributed by atoms with Crippen LogP contribution in [0, 0.1) is 0 Å². The summed E-state index contributed by atoms with van der Waals surface area (Å²) >= 11 is 0. The minimum atomic E-state index is -1.08. The highest BCUT2D eigenvalue weighted by atomic mass is 16.5. The van der Waals surface area contributed by atoms with Gasteiger partial charge in [0, 0.05) is 24.5 Å². The first-order valence-corrected chi connectivity index (χ1v) is 12.8. The number of hydrogen-bond acceptors (Lipinski definition) is 4. The molecule has 2 aliphatic heterocycles. The molecular weight excluding hydrogens is 450 g/mol. The summed E-state index contributed by atoms with van der Waals surface area (Å²) in [6, 6.07) is 27.2. The SMILES string of the molecule is NC(=O)C1(NC(=O)OCC2c3ccccc3-c3ccccc32)CC2CCC(C1)N2Cc1ccccc1. The van der Waals surface area contributed by atoms with Crippen LogP contribution >= 0.6 is 0 Å². The molecule has 3 aliphatic rings. The Morgan fingerprint density at radius 2 is 1.42 bits per heavy atom. The van der Waals surface area contributed by atoms with Gasteiger partial charge in [-0.05, 0) is 53.5 Å². The molecule has 3 N–H and O–H groups in total. The van der Waals surface area contributed by atoms with Crippen molar-refractivity contribution in [3.8, 4) is 11.1 Å². The maximum Gasteiger partial charge on any atom is 0.408 e. The molecule has 0 spiro atoms. The number of nitrogens with zero attached hydrogens (tertiary/aromatic N) is 1. The van der Waals surface area contributed by atoms with Gasteiger partial charge in [-0.2, -0.15) is 0 Å². The van der Waals surface area contributed by atoms with Crippen molar-refractivity contribution < 1.29 is 14.3 Å². The van der Waals surface area contributed by atoms with Crippen LogP contribution in [0.5, 0.6) is 0 Å². The van der Waals surface area contributed by atoms with Crippen LogP contribution in [0.1, 0.15) is 48.3 Å². The van der Waals surface area contributed by atoms with Gasteiger partial charge in [0.25, 0.3) is 0 Å². The molecule has 2 heterocycles. The van der Waals surface area contributed by atoms with Gasteiger partial charge in [-0.25, -0.2) is 4.79 Å². The molecule has 3 aromatic carbocycles. The van der Waals surface area contributed by atoms with Crippen molar-refractivity contribution in [2.75, 3.05) is 6.61 Å². The second kappa shape index (κ2) is 9.10. The summed E-state index contributed by atoms with van der Waals surface area (Å²) in [7, 11) is 0.